The summed E-state index contributed by atoms with van der Waals surface area (Å²) in [6, 6.07) is 5.57. The summed E-state index contributed by atoms with van der Waals surface area (Å²) >= 11 is 6.03. The Balaban J connectivity index is 1.38. The highest BCUT2D eigenvalue weighted by atomic mass is 35.5. The van der Waals surface area contributed by atoms with Gasteiger partial charge in [0.05, 0.1) is 24.5 Å². The lowest BCUT2D eigenvalue weighted by Crippen LogP contribution is -2.49. The second-order valence-electron chi connectivity index (χ2n) is 6.67. The Hall–Kier alpha value is -1.68. The fraction of sp³-hybridized carbons (Fsp3) is 0.529. The monoisotopic (exact) mass is 413 g/mol. The summed E-state index contributed by atoms with van der Waals surface area (Å²) in [6.07, 6.45) is 3.34. The van der Waals surface area contributed by atoms with E-state index in [1.54, 1.807) is 10.9 Å². The lowest BCUT2D eigenvalue weighted by atomic mass is 10.2. The van der Waals surface area contributed by atoms with Gasteiger partial charge in [-0.3, -0.25) is 14.4 Å². The van der Waals surface area contributed by atoms with Gasteiger partial charge in [0, 0.05) is 56.1 Å². The van der Waals surface area contributed by atoms with Crippen molar-refractivity contribution in [2.24, 2.45) is 0 Å². The molecule has 0 saturated carbocycles. The van der Waals surface area contributed by atoms with Gasteiger partial charge in [-0.1, -0.05) is 11.6 Å². The highest BCUT2D eigenvalue weighted by molar-refractivity contribution is 7.88. The zero-order valence-electron chi connectivity index (χ0n) is 15.3. The van der Waals surface area contributed by atoms with Crippen LogP contribution in [0.5, 0.6) is 0 Å². The summed E-state index contributed by atoms with van der Waals surface area (Å²) in [5, 5.41) is 8.86. The number of fused-ring (bicyclic) bond motifs is 1. The molecule has 0 unspecified atom stereocenters. The molecule has 1 aromatic carbocycles. The van der Waals surface area contributed by atoms with Crippen LogP contribution in [0.15, 0.2) is 24.4 Å². The van der Waals surface area contributed by atoms with Crippen LogP contribution in [0.1, 0.15) is 6.42 Å². The van der Waals surface area contributed by atoms with Crippen LogP contribution in [0.3, 0.4) is 0 Å². The number of rotatable bonds is 7. The molecule has 0 aliphatic carbocycles. The van der Waals surface area contributed by atoms with E-state index < -0.39 is 10.0 Å². The van der Waals surface area contributed by atoms with Gasteiger partial charge in [-0.25, -0.2) is 8.42 Å². The van der Waals surface area contributed by atoms with Crippen molar-refractivity contribution in [1.82, 2.24) is 24.3 Å². The number of aromatic nitrogens is 2. The lowest BCUT2D eigenvalue weighted by molar-refractivity contribution is -0.121. The maximum atomic E-state index is 12.1. The van der Waals surface area contributed by atoms with Crippen LogP contribution in [0.25, 0.3) is 10.9 Å². The van der Waals surface area contributed by atoms with Gasteiger partial charge >= 0.3 is 0 Å². The second-order valence-corrected chi connectivity index (χ2v) is 9.09. The second kappa shape index (κ2) is 8.55. The van der Waals surface area contributed by atoms with E-state index in [4.69, 9.17) is 11.6 Å². The first-order valence-corrected chi connectivity index (χ1v) is 11.1. The minimum Gasteiger partial charge on any atom is -0.355 e. The molecule has 10 heteroatoms. The highest BCUT2D eigenvalue weighted by Gasteiger charge is 2.22. The number of carbonyl (C=O) groups is 1. The van der Waals surface area contributed by atoms with Gasteiger partial charge in [0.1, 0.15) is 0 Å². The molecular weight excluding hydrogens is 390 g/mol. The minimum absolute atomic E-state index is 0.0320. The Bertz CT molecular complexity index is 906. The summed E-state index contributed by atoms with van der Waals surface area (Å²) in [5.41, 5.74) is 0.916. The molecule has 1 aliphatic rings. The first-order valence-electron chi connectivity index (χ1n) is 8.88. The largest absolute Gasteiger partial charge is 0.355 e. The third-order valence-electron chi connectivity index (χ3n) is 4.71. The highest BCUT2D eigenvalue weighted by Crippen LogP contribution is 2.19. The Morgan fingerprint density at radius 2 is 1.96 bits per heavy atom. The summed E-state index contributed by atoms with van der Waals surface area (Å²) in [4.78, 5) is 14.2. The molecule has 2 heterocycles. The molecule has 1 aromatic heterocycles. The van der Waals surface area contributed by atoms with Crippen molar-refractivity contribution in [2.45, 2.75) is 13.0 Å². The van der Waals surface area contributed by atoms with Gasteiger partial charge in [-0.05, 0) is 18.2 Å². The van der Waals surface area contributed by atoms with Crippen LogP contribution in [-0.4, -0.2) is 78.8 Å². The van der Waals surface area contributed by atoms with Crippen LogP contribution < -0.4 is 5.32 Å². The van der Waals surface area contributed by atoms with Crippen molar-refractivity contribution in [3.63, 3.8) is 0 Å². The van der Waals surface area contributed by atoms with E-state index >= 15 is 0 Å². The third kappa shape index (κ3) is 5.41. The van der Waals surface area contributed by atoms with Crippen molar-refractivity contribution in [2.75, 3.05) is 45.5 Å². The molecular formula is C17H24ClN5O3S. The SMILES string of the molecule is CS(=O)(=O)N1CCN(CCNC(=O)CCn2ncc3ccc(Cl)cc32)CC1. The number of halogens is 1. The van der Waals surface area contributed by atoms with Crippen molar-refractivity contribution < 1.29 is 13.2 Å². The molecule has 2 aromatic rings. The summed E-state index contributed by atoms with van der Waals surface area (Å²) in [7, 11) is -3.11. The first-order chi connectivity index (χ1) is 12.8. The molecule has 1 amide bonds. The zero-order chi connectivity index (χ0) is 19.4. The minimum atomic E-state index is -3.11. The van der Waals surface area contributed by atoms with Gasteiger partial charge < -0.3 is 5.32 Å². The number of amides is 1. The van der Waals surface area contributed by atoms with E-state index in [0.717, 1.165) is 10.9 Å². The summed E-state index contributed by atoms with van der Waals surface area (Å²) in [5.74, 6) is -0.0320. The van der Waals surface area contributed by atoms with E-state index in [2.05, 4.69) is 15.3 Å². The zero-order valence-corrected chi connectivity index (χ0v) is 16.8. The Morgan fingerprint density at radius 1 is 1.22 bits per heavy atom. The van der Waals surface area contributed by atoms with Gasteiger partial charge in [0.25, 0.3) is 0 Å². The molecule has 27 heavy (non-hydrogen) atoms. The van der Waals surface area contributed by atoms with Crippen LogP contribution in [0.2, 0.25) is 5.02 Å². The van der Waals surface area contributed by atoms with E-state index in [9.17, 15) is 13.2 Å². The molecule has 0 bridgehead atoms. The van der Waals surface area contributed by atoms with E-state index in [-0.39, 0.29) is 5.91 Å². The summed E-state index contributed by atoms with van der Waals surface area (Å²) in [6.45, 7) is 4.12. The van der Waals surface area contributed by atoms with Crippen molar-refractivity contribution in [1.29, 1.82) is 0 Å². The standard InChI is InChI=1S/C17H24ClN5O3S/c1-27(25,26)22-10-8-21(9-11-22)7-5-19-17(24)4-6-23-16-12-15(18)3-2-14(16)13-20-23/h2-3,12-13H,4-11H2,1H3,(H,19,24). The maximum Gasteiger partial charge on any atom is 0.221 e. The van der Waals surface area contributed by atoms with Crippen LogP contribution in [0, 0.1) is 0 Å². The first kappa shape index (κ1) is 20.1. The Kier molecular flexibility index (Phi) is 6.36. The molecule has 1 aliphatic heterocycles. The molecule has 3 rings (SSSR count). The molecule has 148 valence electrons. The van der Waals surface area contributed by atoms with Crippen LogP contribution >= 0.6 is 11.6 Å². The number of hydrogen-bond acceptors (Lipinski definition) is 5. The predicted octanol–water partition coefficient (Wildman–Crippen LogP) is 0.773. The maximum absolute atomic E-state index is 12.1. The summed E-state index contributed by atoms with van der Waals surface area (Å²) < 4.78 is 26.3. The fourth-order valence-electron chi connectivity index (χ4n) is 3.16. The normalized spacial score (nSPS) is 16.7. The number of benzene rings is 1. The number of piperazine rings is 1. The number of nitrogens with one attached hydrogen (secondary N) is 1. The van der Waals surface area contributed by atoms with E-state index in [1.165, 1.54) is 10.6 Å². The van der Waals surface area contributed by atoms with Crippen molar-refractivity contribution in [3.05, 3.63) is 29.4 Å². The number of hydrogen-bond donors (Lipinski definition) is 1. The van der Waals surface area contributed by atoms with Crippen LogP contribution in [-0.2, 0) is 21.4 Å². The smallest absolute Gasteiger partial charge is 0.221 e. The van der Waals surface area contributed by atoms with Crippen molar-refractivity contribution in [3.8, 4) is 0 Å². The molecule has 1 N–H and O–H groups in total. The van der Waals surface area contributed by atoms with Gasteiger partial charge in [-0.2, -0.15) is 9.40 Å². The van der Waals surface area contributed by atoms with E-state index in [1.807, 2.05) is 18.2 Å². The number of carbonyl (C=O) groups excluding carboxylic acids is 1. The van der Waals surface area contributed by atoms with E-state index in [0.29, 0.717) is 57.3 Å². The average Bonchev–Trinajstić information content (AvgIpc) is 3.02. The van der Waals surface area contributed by atoms with Gasteiger partial charge in [-0.15, -0.1) is 0 Å². The topological polar surface area (TPSA) is 87.5 Å². The average molecular weight is 414 g/mol. The third-order valence-corrected chi connectivity index (χ3v) is 6.25. The molecule has 0 radical (unpaired) electrons. The number of sulfonamides is 1. The molecule has 1 fully saturated rings. The molecule has 8 nitrogen and oxygen atoms in total. The Morgan fingerprint density at radius 3 is 2.67 bits per heavy atom. The molecule has 1 saturated heterocycles. The molecule has 0 atom stereocenters. The molecule has 0 spiro atoms. The van der Waals surface area contributed by atoms with Gasteiger partial charge in [0.15, 0.2) is 0 Å². The van der Waals surface area contributed by atoms with Crippen molar-refractivity contribution >= 4 is 38.4 Å². The lowest BCUT2D eigenvalue weighted by Gasteiger charge is -2.33. The quantitative estimate of drug-likeness (QED) is 0.724. The Labute approximate surface area is 164 Å². The predicted molar refractivity (Wildman–Crippen MR) is 105 cm³/mol. The number of aryl methyl sites for hydroxylation is 1. The van der Waals surface area contributed by atoms with Gasteiger partial charge in [0.2, 0.25) is 15.9 Å². The van der Waals surface area contributed by atoms with Crippen LogP contribution in [0.4, 0.5) is 0 Å². The fourth-order valence-corrected chi connectivity index (χ4v) is 4.15. The number of nitrogens with zero attached hydrogens (tertiary/aromatic N) is 4.